The van der Waals surface area contributed by atoms with Gasteiger partial charge in [0.2, 0.25) is 0 Å². The Kier molecular flexibility index (Phi) is 7.87. The van der Waals surface area contributed by atoms with Crippen LogP contribution in [0.15, 0.2) is 0 Å². The van der Waals surface area contributed by atoms with Crippen LogP contribution in [-0.2, 0) is 26.9 Å². The van der Waals surface area contributed by atoms with Gasteiger partial charge in [-0.15, -0.1) is 0 Å². The first-order chi connectivity index (χ1) is 7.41. The van der Waals surface area contributed by atoms with E-state index in [9.17, 15) is 57.4 Å². The molecule has 0 rings (SSSR count). The van der Waals surface area contributed by atoms with Gasteiger partial charge in [-0.25, -0.2) is 0 Å². The molecule has 0 aromatic carbocycles. The molecule has 0 atom stereocenters. The molecular weight excluding hydrogens is 348 g/mol. The van der Waals surface area contributed by atoms with Gasteiger partial charge >= 0.3 is 0 Å². The van der Waals surface area contributed by atoms with Gasteiger partial charge in [0.05, 0.1) is 31.3 Å². The summed E-state index contributed by atoms with van der Waals surface area (Å²) in [6, 6.07) is 0. The zero-order valence-electron chi connectivity index (χ0n) is 7.50. The van der Waals surface area contributed by atoms with E-state index in [1.165, 1.54) is 0 Å². The van der Waals surface area contributed by atoms with Crippen LogP contribution in [0, 0.1) is 0 Å². The summed E-state index contributed by atoms with van der Waals surface area (Å²) < 4.78 is 42.3. The molecule has 0 saturated carbocycles. The first-order valence-electron chi connectivity index (χ1n) is 2.92. The van der Waals surface area contributed by atoms with Crippen LogP contribution in [0.2, 0.25) is 0 Å². The normalized spacial score (nSPS) is 13.8. The molecule has 0 aliphatic rings. The second-order valence-electron chi connectivity index (χ2n) is 1.95. The van der Waals surface area contributed by atoms with Crippen LogP contribution in [0.25, 0.3) is 0 Å². The molecule has 0 aliphatic carbocycles. The third kappa shape index (κ3) is 25.4. The van der Waals surface area contributed by atoms with E-state index in [2.05, 4.69) is 8.62 Å². The second-order valence-corrected chi connectivity index (χ2v) is 6.84. The fourth-order valence-corrected chi connectivity index (χ4v) is 2.20. The fourth-order valence-electron chi connectivity index (χ4n) is 0.245. The van der Waals surface area contributed by atoms with Crippen LogP contribution in [-0.4, -0.2) is 0 Å². The molecular formula is O14P4-8. The molecule has 0 aliphatic heterocycles. The molecule has 0 aromatic heterocycles. The lowest BCUT2D eigenvalue weighted by molar-refractivity contribution is -0.368. The van der Waals surface area contributed by atoms with E-state index in [4.69, 9.17) is 0 Å². The van der Waals surface area contributed by atoms with Crippen molar-refractivity contribution in [2.45, 2.75) is 0 Å². The van der Waals surface area contributed by atoms with Gasteiger partial charge in [0.25, 0.3) is 0 Å². The third-order valence-electron chi connectivity index (χ3n) is 0.400. The molecule has 18 heavy (non-hydrogen) atoms. The molecule has 112 valence electrons. The molecule has 0 saturated heterocycles. The van der Waals surface area contributed by atoms with E-state index in [0.29, 0.717) is 0 Å². The predicted molar refractivity (Wildman–Crippen MR) is 32.6 cm³/mol. The Balaban J connectivity index is 0. The van der Waals surface area contributed by atoms with E-state index < -0.39 is 31.3 Å². The van der Waals surface area contributed by atoms with Crippen molar-refractivity contribution in [1.82, 2.24) is 0 Å². The largest absolute Gasteiger partial charge is 0.790 e. The van der Waals surface area contributed by atoms with Crippen molar-refractivity contribution in [2.75, 3.05) is 0 Å². The Morgan fingerprint density at radius 1 is 0.444 bits per heavy atom. The zero-order valence-corrected chi connectivity index (χ0v) is 11.1. The maximum atomic E-state index is 9.32. The highest BCUT2D eigenvalue weighted by Gasteiger charge is 1.93. The van der Waals surface area contributed by atoms with Crippen molar-refractivity contribution in [3.05, 3.63) is 0 Å². The van der Waals surface area contributed by atoms with Crippen LogP contribution >= 0.6 is 31.3 Å². The van der Waals surface area contributed by atoms with Crippen LogP contribution in [0.4, 0.5) is 0 Å². The zero-order chi connectivity index (χ0) is 15.4. The lowest BCUT2D eigenvalue weighted by atomic mass is 15.7. The fraction of sp³-hybridized carbons (Fsp3) is 0. The first-order valence-corrected chi connectivity index (χ1v) is 8.76. The summed E-state index contributed by atoms with van der Waals surface area (Å²) in [5.41, 5.74) is 0. The topological polar surface area (TPSA) is 271 Å². The SMILES string of the molecule is O=P([O-])([O-])OP(=O)([O-])[O-].O=P([O-])([O-])OP(=O)([O-])[O-]. The summed E-state index contributed by atoms with van der Waals surface area (Å²) in [6.45, 7) is 0. The minimum absolute atomic E-state index is 2.51. The lowest BCUT2D eigenvalue weighted by Gasteiger charge is -2.39. The third-order valence-corrected chi connectivity index (χ3v) is 3.60. The quantitative estimate of drug-likeness (QED) is 0.427. The molecule has 18 heteroatoms. The Labute approximate surface area is 98.2 Å². The average Bonchev–Trinajstić information content (AvgIpc) is 1.64. The van der Waals surface area contributed by atoms with E-state index in [1.807, 2.05) is 0 Å². The number of hydrogen-bond donors (Lipinski definition) is 0. The van der Waals surface area contributed by atoms with Gasteiger partial charge in [-0.2, -0.15) is 0 Å². The molecule has 0 aromatic rings. The van der Waals surface area contributed by atoms with Gasteiger partial charge in [-0.3, -0.25) is 0 Å². The minimum Gasteiger partial charge on any atom is -0.790 e. The van der Waals surface area contributed by atoms with Gasteiger partial charge in [-0.1, -0.05) is 0 Å². The van der Waals surface area contributed by atoms with Gasteiger partial charge in [0.15, 0.2) is 0 Å². The van der Waals surface area contributed by atoms with Crippen molar-refractivity contribution >= 4 is 31.3 Å². The van der Waals surface area contributed by atoms with Crippen LogP contribution < -0.4 is 39.1 Å². The monoisotopic (exact) mass is 348 g/mol. The molecule has 14 nitrogen and oxygen atoms in total. The van der Waals surface area contributed by atoms with Crippen molar-refractivity contribution in [3.8, 4) is 0 Å². The van der Waals surface area contributed by atoms with Crippen LogP contribution in [0.3, 0.4) is 0 Å². The van der Waals surface area contributed by atoms with E-state index in [1.54, 1.807) is 0 Å². The number of hydrogen-bond acceptors (Lipinski definition) is 14. The molecule has 0 radical (unpaired) electrons. The summed E-state index contributed by atoms with van der Waals surface area (Å²) in [5.74, 6) is 0. The second kappa shape index (κ2) is 6.80. The summed E-state index contributed by atoms with van der Waals surface area (Å²) in [6.07, 6.45) is 0. The Morgan fingerprint density at radius 2 is 0.556 bits per heavy atom. The molecule has 0 N–H and O–H groups in total. The van der Waals surface area contributed by atoms with Crippen molar-refractivity contribution in [3.63, 3.8) is 0 Å². The first kappa shape index (κ1) is 20.8. The van der Waals surface area contributed by atoms with Crippen molar-refractivity contribution < 1.29 is 66.0 Å². The number of phosphoric acid groups is 4. The average molecular weight is 348 g/mol. The summed E-state index contributed by atoms with van der Waals surface area (Å²) in [7, 11) is -22.7. The van der Waals surface area contributed by atoms with Crippen LogP contribution in [0.5, 0.6) is 0 Å². The molecule has 0 spiro atoms. The van der Waals surface area contributed by atoms with E-state index in [0.717, 1.165) is 0 Å². The van der Waals surface area contributed by atoms with Gasteiger partial charge in [-0.05, 0) is 0 Å². The molecule has 0 heterocycles. The number of rotatable bonds is 4. The highest BCUT2D eigenvalue weighted by molar-refractivity contribution is 7.57. The maximum absolute atomic E-state index is 9.32. The van der Waals surface area contributed by atoms with E-state index >= 15 is 0 Å². The van der Waals surface area contributed by atoms with Gasteiger partial charge < -0.3 is 66.0 Å². The van der Waals surface area contributed by atoms with Crippen molar-refractivity contribution in [1.29, 1.82) is 0 Å². The minimum atomic E-state index is -5.68. The Morgan fingerprint density at radius 3 is 0.556 bits per heavy atom. The Bertz CT molecular complexity index is 337. The molecule has 0 bridgehead atoms. The molecule has 0 unspecified atom stereocenters. The summed E-state index contributed by atoms with van der Waals surface area (Å²) in [5, 5.41) is 0. The van der Waals surface area contributed by atoms with Crippen LogP contribution in [0.1, 0.15) is 0 Å². The van der Waals surface area contributed by atoms with Crippen molar-refractivity contribution in [2.24, 2.45) is 0 Å². The summed E-state index contributed by atoms with van der Waals surface area (Å²) >= 11 is 0. The maximum Gasteiger partial charge on any atom is 0.0655 e. The Hall–Kier alpha value is 0.520. The highest BCUT2D eigenvalue weighted by atomic mass is 31.3. The van der Waals surface area contributed by atoms with E-state index in [-0.39, 0.29) is 0 Å². The summed E-state index contributed by atoms with van der Waals surface area (Å²) in [4.78, 5) is 74.6. The van der Waals surface area contributed by atoms with Gasteiger partial charge in [0, 0.05) is 0 Å². The lowest BCUT2D eigenvalue weighted by Crippen LogP contribution is -2.23. The smallest absolute Gasteiger partial charge is 0.0655 e. The standard InChI is InChI=1S/2H4O7P2/c2*1-8(2,3)7-9(4,5)6/h2*(H2,1,2,3)(H2,4,5,6)/p-8. The van der Waals surface area contributed by atoms with Gasteiger partial charge in [0.1, 0.15) is 0 Å². The molecule has 0 fully saturated rings. The highest BCUT2D eigenvalue weighted by Crippen LogP contribution is 2.43. The molecule has 0 amide bonds. The predicted octanol–water partition coefficient (Wildman–Crippen LogP) is -6.68.